The Hall–Kier alpha value is -2.37. The van der Waals surface area contributed by atoms with Crippen LogP contribution in [0.4, 0.5) is 0 Å². The third-order valence-corrected chi connectivity index (χ3v) is 6.12. The molecule has 0 aliphatic carbocycles. The molecule has 1 N–H and O–H groups in total. The number of amides is 1. The molecule has 0 saturated carbocycles. The zero-order chi connectivity index (χ0) is 20.1. The van der Waals surface area contributed by atoms with E-state index in [0.29, 0.717) is 25.7 Å². The fraction of sp³-hybridized carbons (Fsp3) is 0.458. The van der Waals surface area contributed by atoms with Crippen molar-refractivity contribution in [2.45, 2.75) is 50.4 Å². The number of carbonyl (C=O) groups is 1. The van der Waals surface area contributed by atoms with Gasteiger partial charge in [0.15, 0.2) is 0 Å². The minimum absolute atomic E-state index is 0.188. The highest BCUT2D eigenvalue weighted by atomic mass is 16.5. The highest BCUT2D eigenvalue weighted by Gasteiger charge is 2.42. The van der Waals surface area contributed by atoms with Crippen LogP contribution >= 0.6 is 0 Å². The van der Waals surface area contributed by atoms with Crippen molar-refractivity contribution in [1.29, 1.82) is 0 Å². The van der Waals surface area contributed by atoms with Gasteiger partial charge in [-0.3, -0.25) is 9.69 Å². The topological polar surface area (TPSA) is 50.8 Å². The van der Waals surface area contributed by atoms with Crippen molar-refractivity contribution in [1.82, 2.24) is 10.2 Å². The van der Waals surface area contributed by atoms with E-state index in [2.05, 4.69) is 34.5 Å². The second-order valence-electron chi connectivity index (χ2n) is 7.93. The average molecular weight is 395 g/mol. The van der Waals surface area contributed by atoms with E-state index in [1.807, 2.05) is 30.3 Å². The molecular formula is C24H30N2O3. The Balaban J connectivity index is 1.45. The minimum Gasteiger partial charge on any atom is -0.497 e. The Kier molecular flexibility index (Phi) is 6.47. The fourth-order valence-electron chi connectivity index (χ4n) is 4.68. The maximum atomic E-state index is 12.1. The Morgan fingerprint density at radius 3 is 2.66 bits per heavy atom. The lowest BCUT2D eigenvalue weighted by atomic mass is 10.0. The van der Waals surface area contributed by atoms with Crippen LogP contribution in [0.25, 0.3) is 0 Å². The first kappa shape index (κ1) is 19.9. The Morgan fingerprint density at radius 2 is 1.90 bits per heavy atom. The maximum Gasteiger partial charge on any atom is 0.220 e. The van der Waals surface area contributed by atoms with Gasteiger partial charge >= 0.3 is 0 Å². The molecule has 5 nitrogen and oxygen atoms in total. The maximum absolute atomic E-state index is 12.1. The number of nitrogens with zero attached hydrogens (tertiary/aromatic N) is 1. The van der Waals surface area contributed by atoms with Crippen LogP contribution in [-0.4, -0.2) is 43.2 Å². The number of benzene rings is 2. The molecule has 3 atom stereocenters. The predicted octanol–water partition coefficient (Wildman–Crippen LogP) is 3.70. The first-order valence-electron chi connectivity index (χ1n) is 10.6. The molecule has 2 saturated heterocycles. The van der Waals surface area contributed by atoms with Crippen molar-refractivity contribution < 1.29 is 14.3 Å². The zero-order valence-corrected chi connectivity index (χ0v) is 17.0. The molecular weight excluding hydrogens is 364 g/mol. The second kappa shape index (κ2) is 9.42. The van der Waals surface area contributed by atoms with Gasteiger partial charge in [0, 0.05) is 31.1 Å². The van der Waals surface area contributed by atoms with Gasteiger partial charge in [0.2, 0.25) is 5.91 Å². The largest absolute Gasteiger partial charge is 0.497 e. The average Bonchev–Trinajstić information content (AvgIpc) is 2.97. The van der Waals surface area contributed by atoms with E-state index in [1.54, 1.807) is 7.11 Å². The summed E-state index contributed by atoms with van der Waals surface area (Å²) in [5.41, 5.74) is 2.47. The van der Waals surface area contributed by atoms with E-state index in [-0.39, 0.29) is 18.0 Å². The molecule has 5 heteroatoms. The molecule has 2 heterocycles. The first-order valence-corrected chi connectivity index (χ1v) is 10.6. The normalized spacial score (nSPS) is 24.6. The van der Waals surface area contributed by atoms with Gasteiger partial charge in [0.25, 0.3) is 0 Å². The molecule has 2 aromatic carbocycles. The van der Waals surface area contributed by atoms with Gasteiger partial charge in [-0.2, -0.15) is 0 Å². The molecule has 1 amide bonds. The molecule has 0 bridgehead atoms. The molecule has 4 rings (SSSR count). The number of methoxy groups -OCH3 is 1. The van der Waals surface area contributed by atoms with Crippen LogP contribution < -0.4 is 10.1 Å². The summed E-state index contributed by atoms with van der Waals surface area (Å²) in [6.07, 6.45) is 3.58. The van der Waals surface area contributed by atoms with Crippen molar-refractivity contribution in [2.24, 2.45) is 0 Å². The Morgan fingerprint density at radius 1 is 1.10 bits per heavy atom. The third-order valence-electron chi connectivity index (χ3n) is 6.12. The van der Waals surface area contributed by atoms with Gasteiger partial charge in [-0.05, 0) is 42.5 Å². The van der Waals surface area contributed by atoms with Crippen LogP contribution in [-0.2, 0) is 16.1 Å². The zero-order valence-electron chi connectivity index (χ0n) is 17.0. The monoisotopic (exact) mass is 394 g/mol. The van der Waals surface area contributed by atoms with Crippen molar-refractivity contribution in [3.63, 3.8) is 0 Å². The summed E-state index contributed by atoms with van der Waals surface area (Å²) in [6.45, 7) is 2.17. The molecule has 0 spiro atoms. The third kappa shape index (κ3) is 4.80. The summed E-state index contributed by atoms with van der Waals surface area (Å²) < 4.78 is 11.3. The lowest BCUT2D eigenvalue weighted by Gasteiger charge is -2.31. The number of hydrogen-bond acceptors (Lipinski definition) is 4. The highest BCUT2D eigenvalue weighted by Crippen LogP contribution is 2.39. The summed E-state index contributed by atoms with van der Waals surface area (Å²) in [4.78, 5) is 14.7. The van der Waals surface area contributed by atoms with Crippen LogP contribution in [0.5, 0.6) is 5.75 Å². The first-order chi connectivity index (χ1) is 14.2. The van der Waals surface area contributed by atoms with Crippen molar-refractivity contribution in [3.05, 3.63) is 65.7 Å². The van der Waals surface area contributed by atoms with Crippen molar-refractivity contribution in [3.8, 4) is 5.75 Å². The smallest absolute Gasteiger partial charge is 0.220 e. The number of carbonyl (C=O) groups excluding carboxylic acids is 1. The standard InChI is InChI=1S/C24H30N2O3/c1-28-20-12-10-19(11-13-20)23-16-21-22(8-5-9-24(27)25-21)26(23)14-15-29-17-18-6-3-2-4-7-18/h2-4,6-7,10-13,21-23H,5,8-9,14-17H2,1H3,(H,25,27)/t21-,22+,23+/m0/s1. The van der Waals surface area contributed by atoms with Crippen LogP contribution in [0.2, 0.25) is 0 Å². The van der Waals surface area contributed by atoms with E-state index >= 15 is 0 Å². The van der Waals surface area contributed by atoms with E-state index in [4.69, 9.17) is 9.47 Å². The molecule has 2 fully saturated rings. The SMILES string of the molecule is COc1ccc([C@H]2C[C@@H]3NC(=O)CCC[C@H]3N2CCOCc2ccccc2)cc1. The highest BCUT2D eigenvalue weighted by molar-refractivity contribution is 5.76. The molecule has 0 unspecified atom stereocenters. The second-order valence-corrected chi connectivity index (χ2v) is 7.93. The Bertz CT molecular complexity index is 794. The fourth-order valence-corrected chi connectivity index (χ4v) is 4.68. The van der Waals surface area contributed by atoms with Crippen molar-refractivity contribution >= 4 is 5.91 Å². The Labute approximate surface area is 173 Å². The van der Waals surface area contributed by atoms with E-state index in [9.17, 15) is 4.79 Å². The molecule has 2 aliphatic heterocycles. The van der Waals surface area contributed by atoms with Gasteiger partial charge < -0.3 is 14.8 Å². The lowest BCUT2D eigenvalue weighted by molar-refractivity contribution is -0.121. The minimum atomic E-state index is 0.188. The summed E-state index contributed by atoms with van der Waals surface area (Å²) in [7, 11) is 1.69. The van der Waals surface area contributed by atoms with Crippen LogP contribution in [0.3, 0.4) is 0 Å². The number of likely N-dealkylation sites (tertiary alicyclic amines) is 1. The van der Waals surface area contributed by atoms with Gasteiger partial charge in [0.1, 0.15) is 5.75 Å². The summed E-state index contributed by atoms with van der Waals surface area (Å²) in [5.74, 6) is 1.06. The van der Waals surface area contributed by atoms with E-state index in [1.165, 1.54) is 11.1 Å². The lowest BCUT2D eigenvalue weighted by Crippen LogP contribution is -2.43. The number of rotatable bonds is 7. The van der Waals surface area contributed by atoms with E-state index in [0.717, 1.165) is 31.6 Å². The quantitative estimate of drug-likeness (QED) is 0.728. The van der Waals surface area contributed by atoms with Crippen LogP contribution in [0, 0.1) is 0 Å². The van der Waals surface area contributed by atoms with E-state index < -0.39 is 0 Å². The number of fused-ring (bicyclic) bond motifs is 1. The number of nitrogens with one attached hydrogen (secondary N) is 1. The number of ether oxygens (including phenoxy) is 2. The number of hydrogen-bond donors (Lipinski definition) is 1. The van der Waals surface area contributed by atoms with Gasteiger partial charge in [0.05, 0.1) is 20.3 Å². The molecule has 0 radical (unpaired) electrons. The summed E-state index contributed by atoms with van der Waals surface area (Å²) >= 11 is 0. The van der Waals surface area contributed by atoms with Crippen LogP contribution in [0.1, 0.15) is 42.9 Å². The van der Waals surface area contributed by atoms with Crippen molar-refractivity contribution in [2.75, 3.05) is 20.3 Å². The molecule has 0 aromatic heterocycles. The molecule has 29 heavy (non-hydrogen) atoms. The molecule has 2 aliphatic rings. The predicted molar refractivity (Wildman–Crippen MR) is 113 cm³/mol. The summed E-state index contributed by atoms with van der Waals surface area (Å²) in [5, 5.41) is 3.26. The molecule has 154 valence electrons. The van der Waals surface area contributed by atoms with Gasteiger partial charge in [-0.1, -0.05) is 42.5 Å². The van der Waals surface area contributed by atoms with Crippen LogP contribution in [0.15, 0.2) is 54.6 Å². The van der Waals surface area contributed by atoms with Gasteiger partial charge in [-0.15, -0.1) is 0 Å². The summed E-state index contributed by atoms with van der Waals surface area (Å²) in [6, 6.07) is 19.5. The molecule has 2 aromatic rings. The van der Waals surface area contributed by atoms with Gasteiger partial charge in [-0.25, -0.2) is 0 Å².